The van der Waals surface area contributed by atoms with Crippen molar-refractivity contribution in [1.82, 2.24) is 0 Å². The van der Waals surface area contributed by atoms with Crippen LogP contribution in [0.2, 0.25) is 0 Å². The van der Waals surface area contributed by atoms with Crippen LogP contribution in [0, 0.1) is 17.8 Å². The molecule has 0 aromatic carbocycles. The third kappa shape index (κ3) is 1.31. The van der Waals surface area contributed by atoms with Crippen molar-refractivity contribution in [2.45, 2.75) is 38.5 Å². The molecule has 2 aliphatic rings. The summed E-state index contributed by atoms with van der Waals surface area (Å²) in [6.07, 6.45) is 8.86. The Morgan fingerprint density at radius 3 is 2.73 bits per heavy atom. The maximum Gasteiger partial charge on any atom is -0.00460 e. The van der Waals surface area contributed by atoms with Crippen LogP contribution in [0.25, 0.3) is 0 Å². The Balaban J connectivity index is 1.90. The van der Waals surface area contributed by atoms with Crippen LogP contribution < -0.4 is 5.73 Å². The van der Waals surface area contributed by atoms with E-state index in [1.165, 1.54) is 38.5 Å². The van der Waals surface area contributed by atoms with E-state index < -0.39 is 0 Å². The first kappa shape index (κ1) is 7.60. The Morgan fingerprint density at radius 1 is 1.09 bits per heavy atom. The van der Waals surface area contributed by atoms with E-state index in [4.69, 9.17) is 5.73 Å². The van der Waals surface area contributed by atoms with Gasteiger partial charge in [0.25, 0.3) is 0 Å². The SMILES string of the molecule is NC[C@@H]1C[C@@H]2CCCCC[C@H]12. The van der Waals surface area contributed by atoms with E-state index >= 15 is 0 Å². The van der Waals surface area contributed by atoms with Gasteiger partial charge in [-0.05, 0) is 37.1 Å². The molecular weight excluding hydrogens is 134 g/mol. The van der Waals surface area contributed by atoms with Crippen molar-refractivity contribution >= 4 is 0 Å². The lowest BCUT2D eigenvalue weighted by Crippen LogP contribution is -2.40. The van der Waals surface area contributed by atoms with Gasteiger partial charge in [0.1, 0.15) is 0 Å². The van der Waals surface area contributed by atoms with Gasteiger partial charge in [-0.2, -0.15) is 0 Å². The first-order valence-electron chi connectivity index (χ1n) is 5.12. The fourth-order valence-electron chi connectivity index (χ4n) is 2.97. The molecule has 0 aromatic rings. The Bertz CT molecular complexity index is 133. The molecule has 0 heterocycles. The lowest BCUT2D eigenvalue weighted by molar-refractivity contribution is 0.0707. The summed E-state index contributed by atoms with van der Waals surface area (Å²) in [5.74, 6) is 3.01. The first-order chi connectivity index (χ1) is 5.42. The highest BCUT2D eigenvalue weighted by Crippen LogP contribution is 2.47. The highest BCUT2D eigenvalue weighted by atomic mass is 14.6. The minimum Gasteiger partial charge on any atom is -0.330 e. The standard InChI is InChI=1S/C10H19N/c11-7-9-6-8-4-2-1-3-5-10(8)9/h8-10H,1-7,11H2/t8-,9-,10-/m0/s1. The van der Waals surface area contributed by atoms with Crippen molar-refractivity contribution in [2.75, 3.05) is 6.54 Å². The van der Waals surface area contributed by atoms with Crippen molar-refractivity contribution in [2.24, 2.45) is 23.5 Å². The Labute approximate surface area is 69.4 Å². The Kier molecular flexibility index (Phi) is 2.17. The van der Waals surface area contributed by atoms with Gasteiger partial charge in [0.15, 0.2) is 0 Å². The number of nitrogens with two attached hydrogens (primary N) is 1. The molecule has 3 atom stereocenters. The maximum absolute atomic E-state index is 5.69. The summed E-state index contributed by atoms with van der Waals surface area (Å²) >= 11 is 0. The fourth-order valence-corrected chi connectivity index (χ4v) is 2.97. The Hall–Kier alpha value is -0.0400. The zero-order valence-electron chi connectivity index (χ0n) is 7.26. The van der Waals surface area contributed by atoms with Gasteiger partial charge in [-0.15, -0.1) is 0 Å². The molecule has 2 rings (SSSR count). The van der Waals surface area contributed by atoms with Crippen LogP contribution in [0.1, 0.15) is 38.5 Å². The summed E-state index contributed by atoms with van der Waals surface area (Å²) in [4.78, 5) is 0. The molecule has 2 fully saturated rings. The molecule has 0 unspecified atom stereocenters. The normalized spacial score (nSPS) is 43.9. The van der Waals surface area contributed by atoms with E-state index in [1.54, 1.807) is 0 Å². The first-order valence-corrected chi connectivity index (χ1v) is 5.12. The molecule has 1 heteroatoms. The molecule has 0 radical (unpaired) electrons. The van der Waals surface area contributed by atoms with Crippen LogP contribution in [0.4, 0.5) is 0 Å². The van der Waals surface area contributed by atoms with Crippen molar-refractivity contribution < 1.29 is 0 Å². The van der Waals surface area contributed by atoms with Crippen molar-refractivity contribution in [1.29, 1.82) is 0 Å². The molecule has 2 N–H and O–H groups in total. The van der Waals surface area contributed by atoms with Gasteiger partial charge in [0.2, 0.25) is 0 Å². The molecule has 0 amide bonds. The molecule has 0 aliphatic heterocycles. The van der Waals surface area contributed by atoms with E-state index in [9.17, 15) is 0 Å². The van der Waals surface area contributed by atoms with Gasteiger partial charge in [-0.25, -0.2) is 0 Å². The summed E-state index contributed by atoms with van der Waals surface area (Å²) < 4.78 is 0. The van der Waals surface area contributed by atoms with E-state index in [1.807, 2.05) is 0 Å². The van der Waals surface area contributed by atoms with Gasteiger partial charge in [0.05, 0.1) is 0 Å². The van der Waals surface area contributed by atoms with Crippen LogP contribution in [0.5, 0.6) is 0 Å². The fraction of sp³-hybridized carbons (Fsp3) is 1.00. The van der Waals surface area contributed by atoms with Crippen LogP contribution >= 0.6 is 0 Å². The lowest BCUT2D eigenvalue weighted by Gasteiger charge is -2.43. The number of hydrogen-bond donors (Lipinski definition) is 1. The highest BCUT2D eigenvalue weighted by Gasteiger charge is 2.39. The predicted molar refractivity (Wildman–Crippen MR) is 47.2 cm³/mol. The van der Waals surface area contributed by atoms with Crippen molar-refractivity contribution in [3.63, 3.8) is 0 Å². The van der Waals surface area contributed by atoms with Gasteiger partial charge in [-0.1, -0.05) is 25.7 Å². The summed E-state index contributed by atoms with van der Waals surface area (Å²) in [5.41, 5.74) is 5.69. The molecule has 0 bridgehead atoms. The molecule has 2 saturated carbocycles. The lowest BCUT2D eigenvalue weighted by atomic mass is 9.62. The van der Waals surface area contributed by atoms with Crippen LogP contribution in [0.3, 0.4) is 0 Å². The number of fused-ring (bicyclic) bond motifs is 1. The molecule has 11 heavy (non-hydrogen) atoms. The average molecular weight is 153 g/mol. The second-order valence-electron chi connectivity index (χ2n) is 4.29. The quantitative estimate of drug-likeness (QED) is 0.614. The van der Waals surface area contributed by atoms with Gasteiger partial charge in [-0.3, -0.25) is 0 Å². The molecule has 0 spiro atoms. The van der Waals surface area contributed by atoms with E-state index in [2.05, 4.69) is 0 Å². The third-order valence-corrected chi connectivity index (χ3v) is 3.73. The van der Waals surface area contributed by atoms with E-state index in [-0.39, 0.29) is 0 Å². The van der Waals surface area contributed by atoms with Crippen molar-refractivity contribution in [3.05, 3.63) is 0 Å². The minimum absolute atomic E-state index is 0.901. The van der Waals surface area contributed by atoms with Gasteiger partial charge >= 0.3 is 0 Å². The summed E-state index contributed by atoms with van der Waals surface area (Å²) in [6.45, 7) is 0.946. The highest BCUT2D eigenvalue weighted by molar-refractivity contribution is 4.90. The smallest absolute Gasteiger partial charge is 0.00460 e. The minimum atomic E-state index is 0.901. The van der Waals surface area contributed by atoms with Gasteiger partial charge < -0.3 is 5.73 Å². The summed E-state index contributed by atoms with van der Waals surface area (Å²) in [5, 5.41) is 0. The largest absolute Gasteiger partial charge is 0.330 e. The predicted octanol–water partition coefficient (Wildman–Crippen LogP) is 2.16. The molecule has 64 valence electrons. The van der Waals surface area contributed by atoms with Crippen LogP contribution in [0.15, 0.2) is 0 Å². The zero-order valence-corrected chi connectivity index (χ0v) is 7.26. The summed E-state index contributed by atoms with van der Waals surface area (Å²) in [6, 6.07) is 0. The molecule has 1 nitrogen and oxygen atoms in total. The number of rotatable bonds is 1. The van der Waals surface area contributed by atoms with E-state index in [0.29, 0.717) is 0 Å². The Morgan fingerprint density at radius 2 is 1.91 bits per heavy atom. The molecule has 2 aliphatic carbocycles. The van der Waals surface area contributed by atoms with Crippen molar-refractivity contribution in [3.8, 4) is 0 Å². The monoisotopic (exact) mass is 153 g/mol. The second kappa shape index (κ2) is 3.14. The zero-order chi connectivity index (χ0) is 7.68. The van der Waals surface area contributed by atoms with Crippen LogP contribution in [-0.4, -0.2) is 6.54 Å². The third-order valence-electron chi connectivity index (χ3n) is 3.73. The topological polar surface area (TPSA) is 26.0 Å². The molecule has 0 aromatic heterocycles. The average Bonchev–Trinajstić information content (AvgIpc) is 2.15. The van der Waals surface area contributed by atoms with E-state index in [0.717, 1.165) is 24.3 Å². The molecule has 0 saturated heterocycles. The second-order valence-corrected chi connectivity index (χ2v) is 4.29. The van der Waals surface area contributed by atoms with Crippen LogP contribution in [-0.2, 0) is 0 Å². The maximum atomic E-state index is 5.69. The van der Waals surface area contributed by atoms with Gasteiger partial charge in [0, 0.05) is 0 Å². The number of hydrogen-bond acceptors (Lipinski definition) is 1. The summed E-state index contributed by atoms with van der Waals surface area (Å²) in [7, 11) is 0. The molecular formula is C10H19N.